The highest BCUT2D eigenvalue weighted by Crippen LogP contribution is 2.14. The molecule has 0 bridgehead atoms. The lowest BCUT2D eigenvalue weighted by Gasteiger charge is -2.07. The smallest absolute Gasteiger partial charge is 0.0791 e. The molecule has 1 unspecified atom stereocenters. The second-order valence-electron chi connectivity index (χ2n) is 4.08. The van der Waals surface area contributed by atoms with E-state index in [0.717, 1.165) is 18.5 Å². The maximum absolute atomic E-state index is 6.06. The third-order valence-electron chi connectivity index (χ3n) is 2.62. The van der Waals surface area contributed by atoms with Crippen LogP contribution in [0, 0.1) is 0 Å². The van der Waals surface area contributed by atoms with E-state index in [-0.39, 0.29) is 6.04 Å². The summed E-state index contributed by atoms with van der Waals surface area (Å²) in [6.45, 7) is 0. The average Bonchev–Trinajstić information content (AvgIpc) is 2.84. The largest absolute Gasteiger partial charge is 0.323 e. The van der Waals surface area contributed by atoms with Crippen molar-refractivity contribution in [2.45, 2.75) is 18.9 Å². The molecular formula is C11H17N5. The summed E-state index contributed by atoms with van der Waals surface area (Å²) in [4.78, 5) is 0. The van der Waals surface area contributed by atoms with E-state index < -0.39 is 0 Å². The molecule has 0 saturated heterocycles. The van der Waals surface area contributed by atoms with Gasteiger partial charge in [-0.1, -0.05) is 0 Å². The normalized spacial score (nSPS) is 12.9. The van der Waals surface area contributed by atoms with Gasteiger partial charge >= 0.3 is 0 Å². The van der Waals surface area contributed by atoms with Crippen molar-refractivity contribution in [3.05, 3.63) is 35.9 Å². The van der Waals surface area contributed by atoms with E-state index in [9.17, 15) is 0 Å². The Labute approximate surface area is 94.9 Å². The molecule has 0 radical (unpaired) electrons. The maximum atomic E-state index is 6.06. The van der Waals surface area contributed by atoms with Gasteiger partial charge in [0.25, 0.3) is 0 Å². The Balaban J connectivity index is 1.91. The minimum absolute atomic E-state index is 0.00130. The second-order valence-corrected chi connectivity index (χ2v) is 4.08. The van der Waals surface area contributed by atoms with Gasteiger partial charge in [0.05, 0.1) is 11.9 Å². The fraction of sp³-hybridized carbons (Fsp3) is 0.455. The summed E-state index contributed by atoms with van der Waals surface area (Å²) in [6, 6.07) is 1.97. The fourth-order valence-corrected chi connectivity index (χ4v) is 1.70. The molecule has 0 aliphatic carbocycles. The minimum atomic E-state index is 0.00130. The lowest BCUT2D eigenvalue weighted by atomic mass is 10.1. The SMILES string of the molecule is Cn1cc(CCC(N)c2ccn(C)n2)cn1. The summed E-state index contributed by atoms with van der Waals surface area (Å²) in [5.74, 6) is 0. The highest BCUT2D eigenvalue weighted by molar-refractivity contribution is 5.08. The lowest BCUT2D eigenvalue weighted by Crippen LogP contribution is -2.12. The molecule has 5 heteroatoms. The van der Waals surface area contributed by atoms with Crippen LogP contribution in [0.2, 0.25) is 0 Å². The zero-order valence-corrected chi connectivity index (χ0v) is 9.67. The molecule has 1 atom stereocenters. The first-order valence-electron chi connectivity index (χ1n) is 5.38. The van der Waals surface area contributed by atoms with Crippen molar-refractivity contribution in [3.63, 3.8) is 0 Å². The van der Waals surface area contributed by atoms with Gasteiger partial charge in [0.1, 0.15) is 0 Å². The Morgan fingerprint density at radius 2 is 2.19 bits per heavy atom. The van der Waals surface area contributed by atoms with Crippen LogP contribution in [0.1, 0.15) is 23.7 Å². The van der Waals surface area contributed by atoms with Crippen molar-refractivity contribution in [2.75, 3.05) is 0 Å². The van der Waals surface area contributed by atoms with Gasteiger partial charge in [0.15, 0.2) is 0 Å². The van der Waals surface area contributed by atoms with E-state index in [1.165, 1.54) is 5.56 Å². The second kappa shape index (κ2) is 4.49. The molecule has 2 heterocycles. The van der Waals surface area contributed by atoms with Crippen LogP contribution < -0.4 is 5.73 Å². The number of nitrogens with two attached hydrogens (primary N) is 1. The maximum Gasteiger partial charge on any atom is 0.0791 e. The first kappa shape index (κ1) is 10.9. The highest BCUT2D eigenvalue weighted by atomic mass is 15.3. The number of hydrogen-bond acceptors (Lipinski definition) is 3. The summed E-state index contributed by atoms with van der Waals surface area (Å²) < 4.78 is 3.58. The molecule has 0 spiro atoms. The third-order valence-corrected chi connectivity index (χ3v) is 2.62. The molecule has 0 amide bonds. The number of aryl methyl sites for hydroxylation is 3. The molecule has 86 valence electrons. The Bertz CT molecular complexity index is 456. The van der Waals surface area contributed by atoms with Crippen LogP contribution in [0.5, 0.6) is 0 Å². The third kappa shape index (κ3) is 2.49. The van der Waals surface area contributed by atoms with E-state index in [0.29, 0.717) is 0 Å². The van der Waals surface area contributed by atoms with Crippen LogP contribution in [0.15, 0.2) is 24.7 Å². The standard InChI is InChI=1S/C11H17N5/c1-15-6-5-11(14-15)10(12)4-3-9-7-13-16(2)8-9/h5-8,10H,3-4,12H2,1-2H3. The molecule has 2 aromatic rings. The monoisotopic (exact) mass is 219 g/mol. The van der Waals surface area contributed by atoms with Gasteiger partial charge in [-0.05, 0) is 24.5 Å². The van der Waals surface area contributed by atoms with Crippen molar-refractivity contribution in [1.82, 2.24) is 19.6 Å². The quantitative estimate of drug-likeness (QED) is 0.826. The summed E-state index contributed by atoms with van der Waals surface area (Å²) >= 11 is 0. The molecule has 16 heavy (non-hydrogen) atoms. The van der Waals surface area contributed by atoms with Gasteiger partial charge in [-0.3, -0.25) is 9.36 Å². The summed E-state index contributed by atoms with van der Waals surface area (Å²) in [7, 11) is 3.82. The molecule has 0 aliphatic heterocycles. The van der Waals surface area contributed by atoms with Crippen molar-refractivity contribution >= 4 is 0 Å². The van der Waals surface area contributed by atoms with Crippen LogP contribution in [0.25, 0.3) is 0 Å². The van der Waals surface area contributed by atoms with Crippen LogP contribution in [-0.4, -0.2) is 19.6 Å². The van der Waals surface area contributed by atoms with Gasteiger partial charge in [-0.2, -0.15) is 10.2 Å². The van der Waals surface area contributed by atoms with Gasteiger partial charge in [0.2, 0.25) is 0 Å². The van der Waals surface area contributed by atoms with Crippen LogP contribution in [-0.2, 0) is 20.5 Å². The Kier molecular flexibility index (Phi) is 3.05. The predicted octanol–water partition coefficient (Wildman–Crippen LogP) is 0.786. The van der Waals surface area contributed by atoms with Crippen molar-refractivity contribution < 1.29 is 0 Å². The first-order chi connectivity index (χ1) is 7.65. The molecule has 0 aromatic carbocycles. The van der Waals surface area contributed by atoms with Gasteiger partial charge in [-0.25, -0.2) is 0 Å². The van der Waals surface area contributed by atoms with Crippen LogP contribution >= 0.6 is 0 Å². The van der Waals surface area contributed by atoms with Crippen LogP contribution in [0.4, 0.5) is 0 Å². The van der Waals surface area contributed by atoms with E-state index in [4.69, 9.17) is 5.73 Å². The number of aromatic nitrogens is 4. The van der Waals surface area contributed by atoms with Crippen LogP contribution in [0.3, 0.4) is 0 Å². The molecule has 2 aromatic heterocycles. The predicted molar refractivity (Wildman–Crippen MR) is 61.7 cm³/mol. The van der Waals surface area contributed by atoms with Crippen molar-refractivity contribution in [1.29, 1.82) is 0 Å². The van der Waals surface area contributed by atoms with Gasteiger partial charge in [-0.15, -0.1) is 0 Å². The Morgan fingerprint density at radius 1 is 1.38 bits per heavy atom. The fourth-order valence-electron chi connectivity index (χ4n) is 1.70. The highest BCUT2D eigenvalue weighted by Gasteiger charge is 2.09. The Morgan fingerprint density at radius 3 is 2.75 bits per heavy atom. The zero-order chi connectivity index (χ0) is 11.5. The molecule has 0 saturated carbocycles. The first-order valence-corrected chi connectivity index (χ1v) is 5.38. The van der Waals surface area contributed by atoms with Gasteiger partial charge < -0.3 is 5.73 Å². The molecule has 0 aliphatic rings. The van der Waals surface area contributed by atoms with E-state index in [1.54, 1.807) is 4.68 Å². The molecular weight excluding hydrogens is 202 g/mol. The number of nitrogens with zero attached hydrogens (tertiary/aromatic N) is 4. The Hall–Kier alpha value is -1.62. The van der Waals surface area contributed by atoms with Gasteiger partial charge in [0, 0.05) is 32.5 Å². The topological polar surface area (TPSA) is 61.7 Å². The van der Waals surface area contributed by atoms with E-state index in [2.05, 4.69) is 10.2 Å². The lowest BCUT2D eigenvalue weighted by molar-refractivity contribution is 0.613. The van der Waals surface area contributed by atoms with Crippen molar-refractivity contribution in [2.24, 2.45) is 19.8 Å². The van der Waals surface area contributed by atoms with E-state index >= 15 is 0 Å². The molecule has 5 nitrogen and oxygen atoms in total. The van der Waals surface area contributed by atoms with E-state index in [1.807, 2.05) is 43.4 Å². The zero-order valence-electron chi connectivity index (χ0n) is 9.67. The molecule has 2 rings (SSSR count). The number of hydrogen-bond donors (Lipinski definition) is 1. The summed E-state index contributed by atoms with van der Waals surface area (Å²) in [6.07, 6.45) is 7.64. The molecule has 2 N–H and O–H groups in total. The summed E-state index contributed by atoms with van der Waals surface area (Å²) in [5.41, 5.74) is 8.23. The minimum Gasteiger partial charge on any atom is -0.323 e. The summed E-state index contributed by atoms with van der Waals surface area (Å²) in [5, 5.41) is 8.43. The van der Waals surface area contributed by atoms with Crippen molar-refractivity contribution in [3.8, 4) is 0 Å². The molecule has 0 fully saturated rings. The number of rotatable bonds is 4. The average molecular weight is 219 g/mol.